The van der Waals surface area contributed by atoms with E-state index in [-0.39, 0.29) is 11.1 Å². The molecule has 1 aromatic carbocycles. The largest absolute Gasteiger partial charge is 0.419 e. The summed E-state index contributed by atoms with van der Waals surface area (Å²) in [7, 11) is 0. The van der Waals surface area contributed by atoms with Crippen molar-refractivity contribution in [3.05, 3.63) is 34.3 Å². The van der Waals surface area contributed by atoms with Gasteiger partial charge in [-0.3, -0.25) is 4.57 Å². The van der Waals surface area contributed by atoms with E-state index < -0.39 is 0 Å². The molecule has 2 aromatic rings. The van der Waals surface area contributed by atoms with Crippen LogP contribution in [0.3, 0.4) is 0 Å². The highest BCUT2D eigenvalue weighted by Crippen LogP contribution is 2.34. The van der Waals surface area contributed by atoms with Crippen molar-refractivity contribution in [2.75, 3.05) is 0 Å². The Labute approximate surface area is 124 Å². The molecule has 2 rings (SSSR count). The first-order chi connectivity index (χ1) is 9.62. The minimum Gasteiger partial charge on any atom is -0.408 e. The highest BCUT2D eigenvalue weighted by molar-refractivity contribution is 6.21. The van der Waals surface area contributed by atoms with Crippen LogP contribution in [0.15, 0.2) is 27.4 Å². The van der Waals surface area contributed by atoms with Gasteiger partial charge in [0.15, 0.2) is 5.58 Å². The van der Waals surface area contributed by atoms with E-state index in [0.29, 0.717) is 18.0 Å². The lowest BCUT2D eigenvalue weighted by Crippen LogP contribution is -2.13. The van der Waals surface area contributed by atoms with E-state index in [2.05, 4.69) is 13.8 Å². The molecule has 1 aromatic heterocycles. The van der Waals surface area contributed by atoms with Crippen LogP contribution in [-0.2, 0) is 6.54 Å². The van der Waals surface area contributed by atoms with Crippen molar-refractivity contribution in [3.8, 4) is 0 Å². The topological polar surface area (TPSA) is 35.1 Å². The van der Waals surface area contributed by atoms with Crippen LogP contribution in [0.2, 0.25) is 0 Å². The first kappa shape index (κ1) is 15.2. The number of rotatable bonds is 6. The lowest BCUT2D eigenvalue weighted by Gasteiger charge is -2.19. The molecule has 0 bridgehead atoms. The van der Waals surface area contributed by atoms with Gasteiger partial charge in [-0.05, 0) is 30.0 Å². The van der Waals surface area contributed by atoms with Crippen LogP contribution in [0, 0.1) is 5.92 Å². The van der Waals surface area contributed by atoms with Crippen LogP contribution < -0.4 is 5.76 Å². The molecule has 0 aliphatic carbocycles. The molecule has 3 nitrogen and oxygen atoms in total. The molecule has 0 fully saturated rings. The molecule has 110 valence electrons. The summed E-state index contributed by atoms with van der Waals surface area (Å²) in [6.45, 7) is 7.03. The molecule has 0 aliphatic rings. The second kappa shape index (κ2) is 6.49. The second-order valence-corrected chi connectivity index (χ2v) is 5.70. The van der Waals surface area contributed by atoms with Gasteiger partial charge in [-0.25, -0.2) is 4.79 Å². The SMILES string of the molecule is CCCn1c(=O)oc2cc(C(Cl)C(CC)CC)ccc21. The smallest absolute Gasteiger partial charge is 0.408 e. The number of benzene rings is 1. The third-order valence-corrected chi connectivity index (χ3v) is 4.53. The lowest BCUT2D eigenvalue weighted by atomic mass is 9.94. The summed E-state index contributed by atoms with van der Waals surface area (Å²) in [4.78, 5) is 11.8. The Bertz CT molecular complexity index is 625. The minimum atomic E-state index is -0.285. The number of fused-ring (bicyclic) bond motifs is 1. The predicted molar refractivity (Wildman–Crippen MR) is 83.4 cm³/mol. The highest BCUT2D eigenvalue weighted by Gasteiger charge is 2.19. The molecule has 0 saturated heterocycles. The van der Waals surface area contributed by atoms with Gasteiger partial charge in [0, 0.05) is 6.54 Å². The molecular weight excluding hydrogens is 274 g/mol. The maximum Gasteiger partial charge on any atom is 0.419 e. The van der Waals surface area contributed by atoms with E-state index in [9.17, 15) is 4.79 Å². The first-order valence-corrected chi connectivity index (χ1v) is 7.83. The molecule has 0 amide bonds. The maximum absolute atomic E-state index is 11.8. The van der Waals surface area contributed by atoms with Crippen LogP contribution in [-0.4, -0.2) is 4.57 Å². The van der Waals surface area contributed by atoms with Gasteiger partial charge < -0.3 is 4.42 Å². The lowest BCUT2D eigenvalue weighted by molar-refractivity contribution is 0.475. The van der Waals surface area contributed by atoms with Crippen LogP contribution in [0.5, 0.6) is 0 Å². The molecular formula is C16H22ClNO2. The van der Waals surface area contributed by atoms with Crippen molar-refractivity contribution in [3.63, 3.8) is 0 Å². The Hall–Kier alpha value is -1.22. The number of aryl methyl sites for hydroxylation is 1. The zero-order valence-corrected chi connectivity index (χ0v) is 13.1. The summed E-state index contributed by atoms with van der Waals surface area (Å²) in [5, 5.41) is -0.0331. The molecule has 0 N–H and O–H groups in total. The fourth-order valence-corrected chi connectivity index (χ4v) is 3.16. The first-order valence-electron chi connectivity index (χ1n) is 7.39. The molecule has 20 heavy (non-hydrogen) atoms. The molecule has 1 atom stereocenters. The molecule has 1 unspecified atom stereocenters. The Kier molecular flexibility index (Phi) is 4.92. The van der Waals surface area contributed by atoms with Gasteiger partial charge >= 0.3 is 5.76 Å². The summed E-state index contributed by atoms with van der Waals surface area (Å²) < 4.78 is 7.02. The van der Waals surface area contributed by atoms with E-state index in [0.717, 1.165) is 30.3 Å². The maximum atomic E-state index is 11.8. The van der Waals surface area contributed by atoms with Crippen molar-refractivity contribution in [1.82, 2.24) is 4.57 Å². The molecule has 4 heteroatoms. The van der Waals surface area contributed by atoms with Crippen LogP contribution in [0.25, 0.3) is 11.1 Å². The number of halogens is 1. The Balaban J connectivity index is 2.42. The van der Waals surface area contributed by atoms with E-state index >= 15 is 0 Å². The van der Waals surface area contributed by atoms with E-state index in [1.54, 1.807) is 4.57 Å². The number of oxazole rings is 1. The predicted octanol–water partition coefficient (Wildman–Crippen LogP) is 4.72. The van der Waals surface area contributed by atoms with Gasteiger partial charge in [-0.15, -0.1) is 11.6 Å². The average Bonchev–Trinajstić information content (AvgIpc) is 2.76. The van der Waals surface area contributed by atoms with Gasteiger partial charge in [-0.1, -0.05) is 39.7 Å². The van der Waals surface area contributed by atoms with Crippen LogP contribution in [0.4, 0.5) is 0 Å². The summed E-state index contributed by atoms with van der Waals surface area (Å²) in [6.07, 6.45) is 3.00. The third kappa shape index (κ3) is 2.78. The van der Waals surface area contributed by atoms with Crippen LogP contribution in [0.1, 0.15) is 51.0 Å². The third-order valence-electron chi connectivity index (χ3n) is 3.92. The number of alkyl halides is 1. The Morgan fingerprint density at radius 1 is 1.25 bits per heavy atom. The number of hydrogen-bond acceptors (Lipinski definition) is 2. The minimum absolute atomic E-state index is 0.0331. The van der Waals surface area contributed by atoms with E-state index in [4.69, 9.17) is 16.0 Å². The molecule has 1 heterocycles. The van der Waals surface area contributed by atoms with Crippen molar-refractivity contribution < 1.29 is 4.42 Å². The number of nitrogens with zero attached hydrogens (tertiary/aromatic N) is 1. The van der Waals surface area contributed by atoms with Crippen LogP contribution >= 0.6 is 11.6 Å². The van der Waals surface area contributed by atoms with E-state index in [1.165, 1.54) is 0 Å². The van der Waals surface area contributed by atoms with Gasteiger partial charge in [0.05, 0.1) is 10.9 Å². The molecule has 0 aliphatic heterocycles. The Morgan fingerprint density at radius 3 is 2.55 bits per heavy atom. The second-order valence-electron chi connectivity index (χ2n) is 5.23. The van der Waals surface area contributed by atoms with Crippen molar-refractivity contribution in [2.24, 2.45) is 5.92 Å². The van der Waals surface area contributed by atoms with E-state index in [1.807, 2.05) is 25.1 Å². The summed E-state index contributed by atoms with van der Waals surface area (Å²) in [6, 6.07) is 5.88. The van der Waals surface area contributed by atoms with Crippen molar-refractivity contribution in [2.45, 2.75) is 52.0 Å². The molecule has 0 spiro atoms. The van der Waals surface area contributed by atoms with Crippen molar-refractivity contribution >= 4 is 22.7 Å². The number of aromatic nitrogens is 1. The summed E-state index contributed by atoms with van der Waals surface area (Å²) >= 11 is 6.55. The fourth-order valence-electron chi connectivity index (χ4n) is 2.66. The average molecular weight is 296 g/mol. The molecule has 0 radical (unpaired) electrons. The highest BCUT2D eigenvalue weighted by atomic mass is 35.5. The van der Waals surface area contributed by atoms with Gasteiger partial charge in [-0.2, -0.15) is 0 Å². The van der Waals surface area contributed by atoms with Gasteiger partial charge in [0.2, 0.25) is 0 Å². The summed E-state index contributed by atoms with van der Waals surface area (Å²) in [5.74, 6) is 0.159. The fraction of sp³-hybridized carbons (Fsp3) is 0.562. The zero-order valence-electron chi connectivity index (χ0n) is 12.4. The summed E-state index contributed by atoms with van der Waals surface area (Å²) in [5.41, 5.74) is 2.52. The Morgan fingerprint density at radius 2 is 1.95 bits per heavy atom. The standard InChI is InChI=1S/C16H22ClNO2/c1-4-9-18-13-8-7-12(10-14(13)20-16(18)19)15(17)11(5-2)6-3/h7-8,10-11,15H,4-6,9H2,1-3H3. The molecule has 0 saturated carbocycles. The number of hydrogen-bond donors (Lipinski definition) is 0. The van der Waals surface area contributed by atoms with Gasteiger partial charge in [0.1, 0.15) is 0 Å². The van der Waals surface area contributed by atoms with Gasteiger partial charge in [0.25, 0.3) is 0 Å². The van der Waals surface area contributed by atoms with Crippen molar-refractivity contribution in [1.29, 1.82) is 0 Å². The monoisotopic (exact) mass is 295 g/mol. The quantitative estimate of drug-likeness (QED) is 0.723. The normalized spacial score (nSPS) is 13.2. The zero-order chi connectivity index (χ0) is 14.7.